The van der Waals surface area contributed by atoms with Crippen molar-refractivity contribution in [2.75, 3.05) is 5.01 Å². The van der Waals surface area contributed by atoms with Crippen LogP contribution in [0.2, 0.25) is 0 Å². The highest BCUT2D eigenvalue weighted by Crippen LogP contribution is 2.32. The minimum absolute atomic E-state index is 0.0873. The SMILES string of the molecule is O=C(c1ccc([N+](=O)[O-])cc1)N(/N=C/c1ccccc1)c1nc2ccc(Br)cc2s1. The molecule has 148 valence electrons. The van der Waals surface area contributed by atoms with Gasteiger partial charge in [0.05, 0.1) is 21.4 Å². The lowest BCUT2D eigenvalue weighted by Gasteiger charge is -2.13. The predicted molar refractivity (Wildman–Crippen MR) is 121 cm³/mol. The second kappa shape index (κ2) is 8.52. The van der Waals surface area contributed by atoms with Gasteiger partial charge in [-0.05, 0) is 35.9 Å². The molecule has 0 bridgehead atoms. The van der Waals surface area contributed by atoms with Crippen molar-refractivity contribution >= 4 is 60.4 Å². The third-order valence-electron chi connectivity index (χ3n) is 4.16. The van der Waals surface area contributed by atoms with Crippen LogP contribution in [0.3, 0.4) is 0 Å². The lowest BCUT2D eigenvalue weighted by Crippen LogP contribution is -2.25. The van der Waals surface area contributed by atoms with Crippen LogP contribution in [-0.4, -0.2) is 22.0 Å². The Morgan fingerprint density at radius 3 is 2.53 bits per heavy atom. The van der Waals surface area contributed by atoms with Crippen LogP contribution in [-0.2, 0) is 0 Å². The topological polar surface area (TPSA) is 88.7 Å². The number of rotatable bonds is 5. The number of carbonyl (C=O) groups is 1. The Morgan fingerprint density at radius 2 is 1.83 bits per heavy atom. The number of aromatic nitrogens is 1. The lowest BCUT2D eigenvalue weighted by atomic mass is 10.2. The van der Waals surface area contributed by atoms with Gasteiger partial charge in [0.1, 0.15) is 0 Å². The maximum Gasteiger partial charge on any atom is 0.280 e. The van der Waals surface area contributed by atoms with Crippen molar-refractivity contribution in [1.29, 1.82) is 0 Å². The number of hydrogen-bond acceptors (Lipinski definition) is 6. The molecule has 30 heavy (non-hydrogen) atoms. The summed E-state index contributed by atoms with van der Waals surface area (Å²) in [5, 5.41) is 16.9. The standard InChI is InChI=1S/C21H13BrN4O3S/c22-16-8-11-18-19(12-16)30-21(24-18)25(23-13-14-4-2-1-3-5-14)20(27)15-6-9-17(10-7-15)26(28)29/h1-13H/b23-13+. The van der Waals surface area contributed by atoms with Gasteiger partial charge in [-0.15, -0.1) is 0 Å². The van der Waals surface area contributed by atoms with E-state index < -0.39 is 10.8 Å². The summed E-state index contributed by atoms with van der Waals surface area (Å²) in [6.07, 6.45) is 1.57. The molecule has 1 aromatic heterocycles. The highest BCUT2D eigenvalue weighted by atomic mass is 79.9. The average Bonchev–Trinajstić information content (AvgIpc) is 3.17. The van der Waals surface area contributed by atoms with E-state index in [0.717, 1.165) is 20.3 Å². The Morgan fingerprint density at radius 1 is 1.10 bits per heavy atom. The fraction of sp³-hybridized carbons (Fsp3) is 0. The van der Waals surface area contributed by atoms with E-state index in [2.05, 4.69) is 26.0 Å². The zero-order chi connectivity index (χ0) is 21.1. The van der Waals surface area contributed by atoms with E-state index in [1.807, 2.05) is 48.5 Å². The molecule has 0 N–H and O–H groups in total. The van der Waals surface area contributed by atoms with Crippen LogP contribution in [0.4, 0.5) is 10.8 Å². The number of benzene rings is 3. The van der Waals surface area contributed by atoms with Crippen molar-refractivity contribution in [1.82, 2.24) is 4.98 Å². The summed E-state index contributed by atoms with van der Waals surface area (Å²) >= 11 is 4.77. The second-order valence-electron chi connectivity index (χ2n) is 6.18. The largest absolute Gasteiger partial charge is 0.280 e. The highest BCUT2D eigenvalue weighted by molar-refractivity contribution is 9.10. The Balaban J connectivity index is 1.74. The number of non-ortho nitro benzene ring substituents is 1. The number of anilines is 1. The monoisotopic (exact) mass is 480 g/mol. The van der Waals surface area contributed by atoms with Gasteiger partial charge in [0.15, 0.2) is 0 Å². The number of nitrogens with zero attached hydrogens (tertiary/aromatic N) is 4. The molecule has 0 saturated heterocycles. The van der Waals surface area contributed by atoms with E-state index in [4.69, 9.17) is 0 Å². The summed E-state index contributed by atoms with van der Waals surface area (Å²) in [6.45, 7) is 0. The Kier molecular flexibility index (Phi) is 5.64. The number of thiazole rings is 1. The van der Waals surface area contributed by atoms with E-state index >= 15 is 0 Å². The molecule has 9 heteroatoms. The lowest BCUT2D eigenvalue weighted by molar-refractivity contribution is -0.384. The van der Waals surface area contributed by atoms with Crippen LogP contribution >= 0.6 is 27.3 Å². The molecule has 0 unspecified atom stereocenters. The Labute approximate surface area is 183 Å². The fourth-order valence-corrected chi connectivity index (χ4v) is 4.15. The van der Waals surface area contributed by atoms with E-state index in [0.29, 0.717) is 5.13 Å². The number of carbonyl (C=O) groups excluding carboxylic acids is 1. The minimum Gasteiger partial charge on any atom is -0.267 e. The molecule has 4 rings (SSSR count). The van der Waals surface area contributed by atoms with Crippen molar-refractivity contribution < 1.29 is 9.72 Å². The van der Waals surface area contributed by atoms with E-state index in [9.17, 15) is 14.9 Å². The van der Waals surface area contributed by atoms with Crippen molar-refractivity contribution in [2.45, 2.75) is 0 Å². The summed E-state index contributed by atoms with van der Waals surface area (Å²) < 4.78 is 1.81. The molecule has 0 radical (unpaired) electrons. The smallest absolute Gasteiger partial charge is 0.267 e. The molecule has 0 fully saturated rings. The van der Waals surface area contributed by atoms with Crippen molar-refractivity contribution in [2.24, 2.45) is 5.10 Å². The molecule has 1 heterocycles. The molecule has 7 nitrogen and oxygen atoms in total. The zero-order valence-electron chi connectivity index (χ0n) is 15.3. The number of hydrogen-bond donors (Lipinski definition) is 0. The summed E-state index contributed by atoms with van der Waals surface area (Å²) in [5.41, 5.74) is 1.75. The van der Waals surface area contributed by atoms with Gasteiger partial charge in [-0.25, -0.2) is 4.98 Å². The summed E-state index contributed by atoms with van der Waals surface area (Å²) in [6, 6.07) is 20.4. The van der Waals surface area contributed by atoms with Gasteiger partial charge in [0.2, 0.25) is 5.13 Å². The molecule has 0 atom stereocenters. The van der Waals surface area contributed by atoms with E-state index in [1.165, 1.54) is 40.6 Å². The van der Waals surface area contributed by atoms with Gasteiger partial charge in [-0.2, -0.15) is 10.1 Å². The van der Waals surface area contributed by atoms with Crippen LogP contribution in [0.5, 0.6) is 0 Å². The van der Waals surface area contributed by atoms with Crippen molar-refractivity contribution in [3.8, 4) is 0 Å². The first kappa shape index (κ1) is 19.9. The van der Waals surface area contributed by atoms with Crippen LogP contribution in [0.25, 0.3) is 10.2 Å². The number of halogens is 1. The van der Waals surface area contributed by atoms with E-state index in [-0.39, 0.29) is 11.3 Å². The molecule has 0 saturated carbocycles. The van der Waals surface area contributed by atoms with Gasteiger partial charge in [0.25, 0.3) is 11.6 Å². The molecule has 0 aliphatic rings. The normalized spacial score (nSPS) is 11.1. The quantitative estimate of drug-likeness (QED) is 0.209. The first-order valence-corrected chi connectivity index (χ1v) is 10.4. The molecular weight excluding hydrogens is 468 g/mol. The summed E-state index contributed by atoms with van der Waals surface area (Å²) in [7, 11) is 0. The van der Waals surface area contributed by atoms with Gasteiger partial charge in [0, 0.05) is 22.2 Å². The summed E-state index contributed by atoms with van der Waals surface area (Å²) in [4.78, 5) is 28.1. The maximum atomic E-state index is 13.2. The van der Waals surface area contributed by atoms with Gasteiger partial charge in [-0.1, -0.05) is 57.6 Å². The number of nitro groups is 1. The molecule has 3 aromatic carbocycles. The van der Waals surface area contributed by atoms with Gasteiger partial charge < -0.3 is 0 Å². The number of amides is 1. The maximum absolute atomic E-state index is 13.2. The molecule has 4 aromatic rings. The van der Waals surface area contributed by atoms with E-state index in [1.54, 1.807) is 6.21 Å². The van der Waals surface area contributed by atoms with Crippen LogP contribution < -0.4 is 5.01 Å². The molecule has 1 amide bonds. The molecular formula is C21H13BrN4O3S. The zero-order valence-corrected chi connectivity index (χ0v) is 17.7. The minimum atomic E-state index is -0.509. The number of fused-ring (bicyclic) bond motifs is 1. The highest BCUT2D eigenvalue weighted by Gasteiger charge is 2.22. The number of hydrazone groups is 1. The first-order chi connectivity index (χ1) is 14.5. The fourth-order valence-electron chi connectivity index (χ4n) is 2.68. The van der Waals surface area contributed by atoms with Crippen LogP contribution in [0, 0.1) is 10.1 Å². The van der Waals surface area contributed by atoms with Crippen molar-refractivity contribution in [3.63, 3.8) is 0 Å². The second-order valence-corrected chi connectivity index (χ2v) is 8.11. The Bertz CT molecular complexity index is 1260. The summed E-state index contributed by atoms with van der Waals surface area (Å²) in [5.74, 6) is -0.435. The van der Waals surface area contributed by atoms with Gasteiger partial charge in [-0.3, -0.25) is 14.9 Å². The first-order valence-electron chi connectivity index (χ1n) is 8.75. The third-order valence-corrected chi connectivity index (χ3v) is 5.65. The Hall–Kier alpha value is -3.43. The van der Waals surface area contributed by atoms with Gasteiger partial charge >= 0.3 is 0 Å². The molecule has 0 aliphatic carbocycles. The molecule has 0 spiro atoms. The molecule has 0 aliphatic heterocycles. The average molecular weight is 481 g/mol. The predicted octanol–water partition coefficient (Wildman–Crippen LogP) is 5.65. The van der Waals surface area contributed by atoms with Crippen molar-refractivity contribution in [3.05, 3.63) is 98.5 Å². The number of nitro benzene ring substituents is 1. The van der Waals surface area contributed by atoms with Crippen LogP contribution in [0.1, 0.15) is 15.9 Å². The third kappa shape index (κ3) is 4.27. The van der Waals surface area contributed by atoms with Crippen LogP contribution in [0.15, 0.2) is 82.4 Å².